The predicted molar refractivity (Wildman–Crippen MR) is 133 cm³/mol. The number of phenolic OH excluding ortho intramolecular Hbond substituents is 2. The highest BCUT2D eigenvalue weighted by Gasteiger charge is 2.36. The number of aromatic hydroxyl groups is 2. The standard InChI is InChI=1S/C29H26O6/c1-33-25-12-16(8-10-21(25)30)29-23(32)13-20-19-9-7-15-11-22(31)17-5-3-4-6-18(17)27(15)28(19)26(34-2)14-24(20)35-29/h3-6,8,10-12,14,23,29-32H,7,9,13H2,1-2H3/t23-,29-/m1/s1. The molecule has 2 aliphatic rings. The zero-order valence-electron chi connectivity index (χ0n) is 19.5. The van der Waals surface area contributed by atoms with Crippen LogP contribution in [-0.4, -0.2) is 35.6 Å². The van der Waals surface area contributed by atoms with Crippen LogP contribution in [0.15, 0.2) is 54.6 Å². The van der Waals surface area contributed by atoms with Crippen LogP contribution in [0.1, 0.15) is 28.4 Å². The molecule has 35 heavy (non-hydrogen) atoms. The van der Waals surface area contributed by atoms with E-state index in [2.05, 4.69) is 0 Å². The fourth-order valence-corrected chi connectivity index (χ4v) is 5.62. The second kappa shape index (κ2) is 8.10. The molecule has 1 heterocycles. The smallest absolute Gasteiger partial charge is 0.160 e. The normalized spacial score (nSPS) is 18.3. The highest BCUT2D eigenvalue weighted by atomic mass is 16.5. The third-order valence-electron chi connectivity index (χ3n) is 7.24. The molecule has 0 aromatic heterocycles. The molecule has 4 aromatic rings. The number of phenols is 2. The lowest BCUT2D eigenvalue weighted by atomic mass is 9.78. The Morgan fingerprint density at radius 2 is 1.57 bits per heavy atom. The first kappa shape index (κ1) is 21.6. The molecule has 0 unspecified atom stereocenters. The molecule has 4 aromatic carbocycles. The average molecular weight is 471 g/mol. The van der Waals surface area contributed by atoms with E-state index in [1.807, 2.05) is 36.4 Å². The minimum atomic E-state index is -0.771. The Kier molecular flexibility index (Phi) is 5.00. The average Bonchev–Trinajstić information content (AvgIpc) is 2.88. The van der Waals surface area contributed by atoms with E-state index in [0.717, 1.165) is 57.0 Å². The minimum absolute atomic E-state index is 0.0367. The molecule has 0 saturated heterocycles. The van der Waals surface area contributed by atoms with E-state index in [9.17, 15) is 15.3 Å². The Bertz CT molecular complexity index is 1470. The molecule has 3 N–H and O–H groups in total. The summed E-state index contributed by atoms with van der Waals surface area (Å²) in [5, 5.41) is 33.5. The predicted octanol–water partition coefficient (Wildman–Crippen LogP) is 5.07. The number of aliphatic hydroxyl groups is 1. The van der Waals surface area contributed by atoms with E-state index in [0.29, 0.717) is 23.7 Å². The van der Waals surface area contributed by atoms with Crippen molar-refractivity contribution in [1.29, 1.82) is 0 Å². The SMILES string of the molecule is COc1cc([C@H]2Oc3cc(OC)c4c(c3C[C@H]2O)CCc2cc(O)c3ccccc3c2-4)ccc1O. The van der Waals surface area contributed by atoms with Crippen LogP contribution in [0, 0.1) is 0 Å². The Labute approximate surface area is 202 Å². The van der Waals surface area contributed by atoms with Gasteiger partial charge in [0.15, 0.2) is 11.5 Å². The Balaban J connectivity index is 1.52. The first-order chi connectivity index (χ1) is 17.0. The van der Waals surface area contributed by atoms with Crippen molar-refractivity contribution in [2.45, 2.75) is 31.5 Å². The summed E-state index contributed by atoms with van der Waals surface area (Å²) in [7, 11) is 3.14. The van der Waals surface area contributed by atoms with Crippen LogP contribution in [0.25, 0.3) is 21.9 Å². The highest BCUT2D eigenvalue weighted by Crippen LogP contribution is 2.51. The molecule has 6 nitrogen and oxygen atoms in total. The summed E-state index contributed by atoms with van der Waals surface area (Å²) >= 11 is 0. The molecule has 0 bridgehead atoms. The number of ether oxygens (including phenoxy) is 3. The Morgan fingerprint density at radius 1 is 0.800 bits per heavy atom. The largest absolute Gasteiger partial charge is 0.507 e. The van der Waals surface area contributed by atoms with Crippen molar-refractivity contribution in [1.82, 2.24) is 0 Å². The van der Waals surface area contributed by atoms with E-state index < -0.39 is 12.2 Å². The topological polar surface area (TPSA) is 88.4 Å². The number of aliphatic hydroxyl groups excluding tert-OH is 1. The van der Waals surface area contributed by atoms with Crippen molar-refractivity contribution in [3.8, 4) is 39.9 Å². The van der Waals surface area contributed by atoms with E-state index >= 15 is 0 Å². The van der Waals surface area contributed by atoms with Gasteiger partial charge in [0.05, 0.1) is 20.3 Å². The van der Waals surface area contributed by atoms with Gasteiger partial charge in [-0.05, 0) is 58.7 Å². The molecule has 1 aliphatic carbocycles. The molecule has 0 fully saturated rings. The van der Waals surface area contributed by atoms with E-state index in [-0.39, 0.29) is 11.5 Å². The third kappa shape index (κ3) is 3.28. The second-order valence-corrected chi connectivity index (χ2v) is 9.13. The van der Waals surface area contributed by atoms with E-state index in [1.54, 1.807) is 25.3 Å². The van der Waals surface area contributed by atoms with Gasteiger partial charge < -0.3 is 29.5 Å². The quantitative estimate of drug-likeness (QED) is 0.387. The maximum Gasteiger partial charge on any atom is 0.160 e. The molecule has 0 saturated carbocycles. The first-order valence-corrected chi connectivity index (χ1v) is 11.7. The van der Waals surface area contributed by atoms with Gasteiger partial charge in [0.25, 0.3) is 0 Å². The highest BCUT2D eigenvalue weighted by molar-refractivity contribution is 6.04. The molecular formula is C29H26O6. The van der Waals surface area contributed by atoms with Crippen LogP contribution >= 0.6 is 0 Å². The summed E-state index contributed by atoms with van der Waals surface area (Å²) in [6, 6.07) is 16.6. The Morgan fingerprint density at radius 3 is 2.34 bits per heavy atom. The zero-order valence-corrected chi connectivity index (χ0v) is 19.5. The number of hydrogen-bond donors (Lipinski definition) is 3. The van der Waals surface area contributed by atoms with Crippen molar-refractivity contribution in [3.63, 3.8) is 0 Å². The van der Waals surface area contributed by atoms with Gasteiger partial charge in [-0.1, -0.05) is 30.3 Å². The van der Waals surface area contributed by atoms with Gasteiger partial charge in [0.2, 0.25) is 0 Å². The number of aryl methyl sites for hydroxylation is 1. The van der Waals surface area contributed by atoms with Crippen molar-refractivity contribution in [2.75, 3.05) is 14.2 Å². The van der Waals surface area contributed by atoms with E-state index in [1.165, 1.54) is 7.11 Å². The lowest BCUT2D eigenvalue weighted by molar-refractivity contribution is 0.0202. The summed E-state index contributed by atoms with van der Waals surface area (Å²) in [4.78, 5) is 0. The number of benzene rings is 4. The van der Waals surface area contributed by atoms with Crippen LogP contribution in [0.3, 0.4) is 0 Å². The second-order valence-electron chi connectivity index (χ2n) is 9.13. The molecule has 0 spiro atoms. The fourth-order valence-electron chi connectivity index (χ4n) is 5.62. The molecule has 1 aliphatic heterocycles. The van der Waals surface area contributed by atoms with Gasteiger partial charge in [0.1, 0.15) is 23.4 Å². The van der Waals surface area contributed by atoms with E-state index in [4.69, 9.17) is 14.2 Å². The van der Waals surface area contributed by atoms with Gasteiger partial charge in [-0.2, -0.15) is 0 Å². The number of hydrogen-bond acceptors (Lipinski definition) is 6. The van der Waals surface area contributed by atoms with Crippen LogP contribution in [-0.2, 0) is 19.3 Å². The van der Waals surface area contributed by atoms with Crippen LogP contribution in [0.5, 0.6) is 28.7 Å². The number of rotatable bonds is 3. The molecule has 6 rings (SSSR count). The molecule has 0 amide bonds. The Hall–Kier alpha value is -3.90. The molecule has 0 radical (unpaired) electrons. The van der Waals surface area contributed by atoms with Crippen molar-refractivity contribution >= 4 is 10.8 Å². The first-order valence-electron chi connectivity index (χ1n) is 11.7. The van der Waals surface area contributed by atoms with Gasteiger partial charge in [-0.15, -0.1) is 0 Å². The van der Waals surface area contributed by atoms with Crippen LogP contribution in [0.4, 0.5) is 0 Å². The summed E-state index contributed by atoms with van der Waals surface area (Å²) in [6.07, 6.45) is 0.587. The molecule has 2 atom stereocenters. The third-order valence-corrected chi connectivity index (χ3v) is 7.24. The molecule has 178 valence electrons. The summed E-state index contributed by atoms with van der Waals surface area (Å²) in [5.74, 6) is 2.04. The maximum absolute atomic E-state index is 11.1. The van der Waals surface area contributed by atoms with Crippen molar-refractivity contribution in [2.24, 2.45) is 0 Å². The molecule has 6 heteroatoms. The lowest BCUT2D eigenvalue weighted by Gasteiger charge is -2.35. The van der Waals surface area contributed by atoms with Crippen molar-refractivity contribution in [3.05, 3.63) is 76.9 Å². The van der Waals surface area contributed by atoms with Gasteiger partial charge in [-0.3, -0.25) is 0 Å². The zero-order chi connectivity index (χ0) is 24.3. The summed E-state index contributed by atoms with van der Waals surface area (Å²) in [6.45, 7) is 0. The monoisotopic (exact) mass is 470 g/mol. The van der Waals surface area contributed by atoms with Gasteiger partial charge in [-0.25, -0.2) is 0 Å². The van der Waals surface area contributed by atoms with Gasteiger partial charge in [0, 0.05) is 29.0 Å². The van der Waals surface area contributed by atoms with Crippen LogP contribution in [0.2, 0.25) is 0 Å². The maximum atomic E-state index is 11.1. The fraction of sp³-hybridized carbons (Fsp3) is 0.241. The molecular weight excluding hydrogens is 444 g/mol. The summed E-state index contributed by atoms with van der Waals surface area (Å²) in [5.41, 5.74) is 5.98. The lowest BCUT2D eigenvalue weighted by Crippen LogP contribution is -2.31. The number of fused-ring (bicyclic) bond motifs is 7. The van der Waals surface area contributed by atoms with Crippen molar-refractivity contribution < 1.29 is 29.5 Å². The number of methoxy groups -OCH3 is 2. The van der Waals surface area contributed by atoms with Gasteiger partial charge >= 0.3 is 0 Å². The van der Waals surface area contributed by atoms with Crippen LogP contribution < -0.4 is 14.2 Å². The minimum Gasteiger partial charge on any atom is -0.507 e. The summed E-state index contributed by atoms with van der Waals surface area (Å²) < 4.78 is 17.5.